The molecule has 0 fully saturated rings. The second-order valence-electron chi connectivity index (χ2n) is 3.54. The van der Waals surface area contributed by atoms with Crippen molar-refractivity contribution in [3.63, 3.8) is 0 Å². The van der Waals surface area contributed by atoms with Gasteiger partial charge in [-0.25, -0.2) is 0 Å². The molecule has 2 aromatic heterocycles. The topological polar surface area (TPSA) is 92.5 Å². The van der Waals surface area contributed by atoms with Crippen LogP contribution < -0.4 is 11.3 Å². The first-order valence-electron chi connectivity index (χ1n) is 4.50. The van der Waals surface area contributed by atoms with Crippen molar-refractivity contribution in [2.75, 3.05) is 5.73 Å². The van der Waals surface area contributed by atoms with Crippen LogP contribution in [0.5, 0.6) is 0 Å². The molecule has 80 valence electrons. The van der Waals surface area contributed by atoms with Crippen molar-refractivity contribution in [1.29, 1.82) is 0 Å². The van der Waals surface area contributed by atoms with Crippen molar-refractivity contribution >= 4 is 29.3 Å². The van der Waals surface area contributed by atoms with Gasteiger partial charge in [-0.05, 0) is 26.1 Å². The van der Waals surface area contributed by atoms with E-state index in [2.05, 4.69) is 15.0 Å². The minimum Gasteiger partial charge on any atom is -0.369 e. The summed E-state index contributed by atoms with van der Waals surface area (Å²) in [6, 6.07) is 0.125. The van der Waals surface area contributed by atoms with Crippen molar-refractivity contribution in [2.45, 2.75) is 19.9 Å². The fraction of sp³-hybridized carbons (Fsp3) is 0.375. The van der Waals surface area contributed by atoms with Gasteiger partial charge in [0.25, 0.3) is 5.56 Å². The largest absolute Gasteiger partial charge is 0.369 e. The van der Waals surface area contributed by atoms with Crippen molar-refractivity contribution in [1.82, 2.24) is 19.5 Å². The van der Waals surface area contributed by atoms with E-state index in [-0.39, 0.29) is 17.5 Å². The first kappa shape index (κ1) is 9.91. The molecule has 4 N–H and O–H groups in total. The van der Waals surface area contributed by atoms with Crippen molar-refractivity contribution < 1.29 is 0 Å². The summed E-state index contributed by atoms with van der Waals surface area (Å²) in [7, 11) is 0. The monoisotopic (exact) mass is 225 g/mol. The first-order valence-corrected chi connectivity index (χ1v) is 4.91. The third kappa shape index (κ3) is 1.44. The van der Waals surface area contributed by atoms with E-state index in [1.165, 1.54) is 0 Å². The zero-order valence-corrected chi connectivity index (χ0v) is 9.18. The molecular formula is C8H11N5OS. The molecule has 0 aliphatic heterocycles. The smallest absolute Gasteiger partial charge is 0.278 e. The quantitative estimate of drug-likeness (QED) is 0.630. The molecule has 0 aliphatic carbocycles. The average Bonchev–Trinajstić information content (AvgIpc) is 2.41. The Labute approximate surface area is 90.1 Å². The van der Waals surface area contributed by atoms with Crippen LogP contribution in [-0.4, -0.2) is 19.5 Å². The van der Waals surface area contributed by atoms with Crippen LogP contribution in [0.3, 0.4) is 0 Å². The highest BCUT2D eigenvalue weighted by Gasteiger charge is 2.11. The zero-order valence-electron chi connectivity index (χ0n) is 8.37. The molecule has 0 saturated carbocycles. The Hall–Kier alpha value is -1.63. The fourth-order valence-electron chi connectivity index (χ4n) is 1.51. The standard InChI is InChI=1S/C8H11N5OS/c1-3(2)13-5-4(10-8(13)15)6(14)12-7(9)11-5/h3H,1-2H3,(H,10,15)(H3,9,11,12,14). The Morgan fingerprint density at radius 3 is 2.73 bits per heavy atom. The summed E-state index contributed by atoms with van der Waals surface area (Å²) in [5, 5.41) is 0. The number of nitrogens with one attached hydrogen (secondary N) is 2. The summed E-state index contributed by atoms with van der Waals surface area (Å²) in [5.41, 5.74) is 6.03. The Morgan fingerprint density at radius 1 is 1.47 bits per heavy atom. The van der Waals surface area contributed by atoms with Crippen LogP contribution in [0, 0.1) is 4.77 Å². The third-order valence-electron chi connectivity index (χ3n) is 2.11. The van der Waals surface area contributed by atoms with E-state index < -0.39 is 0 Å². The van der Waals surface area contributed by atoms with E-state index in [4.69, 9.17) is 18.0 Å². The van der Waals surface area contributed by atoms with Crippen LogP contribution in [0.25, 0.3) is 11.2 Å². The van der Waals surface area contributed by atoms with Crippen LogP contribution in [0.2, 0.25) is 0 Å². The number of nitrogen functional groups attached to an aromatic ring is 1. The number of anilines is 1. The maximum atomic E-state index is 11.5. The maximum Gasteiger partial charge on any atom is 0.278 e. The molecule has 0 bridgehead atoms. The van der Waals surface area contributed by atoms with Crippen LogP contribution in [-0.2, 0) is 0 Å². The summed E-state index contributed by atoms with van der Waals surface area (Å²) in [4.78, 5) is 20.8. The number of rotatable bonds is 1. The highest BCUT2D eigenvalue weighted by Crippen LogP contribution is 2.14. The van der Waals surface area contributed by atoms with Gasteiger partial charge in [-0.3, -0.25) is 14.3 Å². The molecule has 0 aromatic carbocycles. The lowest BCUT2D eigenvalue weighted by atomic mass is 10.4. The number of hydrogen-bond donors (Lipinski definition) is 3. The molecular weight excluding hydrogens is 214 g/mol. The summed E-state index contributed by atoms with van der Waals surface area (Å²) in [6.45, 7) is 3.92. The highest BCUT2D eigenvalue weighted by molar-refractivity contribution is 7.71. The first-order chi connectivity index (χ1) is 7.00. The normalized spacial score (nSPS) is 11.4. The van der Waals surface area contributed by atoms with E-state index >= 15 is 0 Å². The van der Waals surface area contributed by atoms with Gasteiger partial charge in [-0.1, -0.05) is 0 Å². The molecule has 0 aliphatic rings. The molecule has 2 rings (SSSR count). The number of nitrogens with two attached hydrogens (primary N) is 1. The van der Waals surface area contributed by atoms with Gasteiger partial charge in [0.05, 0.1) is 0 Å². The van der Waals surface area contributed by atoms with E-state index in [9.17, 15) is 4.79 Å². The summed E-state index contributed by atoms with van der Waals surface area (Å²) >= 11 is 5.11. The molecule has 7 heteroatoms. The number of nitrogens with zero attached hydrogens (tertiary/aromatic N) is 2. The van der Waals surface area contributed by atoms with Gasteiger partial charge in [0, 0.05) is 6.04 Å². The second kappa shape index (κ2) is 3.20. The number of imidazole rings is 1. The minimum atomic E-state index is -0.303. The van der Waals surface area contributed by atoms with E-state index in [1.807, 2.05) is 13.8 Å². The lowest BCUT2D eigenvalue weighted by molar-refractivity contribution is 0.605. The molecule has 0 unspecified atom stereocenters. The number of fused-ring (bicyclic) bond motifs is 1. The van der Waals surface area contributed by atoms with Gasteiger partial charge in [0.1, 0.15) is 0 Å². The van der Waals surface area contributed by atoms with Crippen molar-refractivity contribution in [2.24, 2.45) is 0 Å². The van der Waals surface area contributed by atoms with Gasteiger partial charge in [-0.2, -0.15) is 4.98 Å². The molecule has 0 spiro atoms. The Balaban J connectivity index is 3.00. The molecule has 6 nitrogen and oxygen atoms in total. The second-order valence-corrected chi connectivity index (χ2v) is 3.93. The predicted octanol–water partition coefficient (Wildman–Crippen LogP) is 0.945. The number of hydrogen-bond acceptors (Lipinski definition) is 4. The third-order valence-corrected chi connectivity index (χ3v) is 2.41. The lowest BCUT2D eigenvalue weighted by Gasteiger charge is -2.06. The molecule has 2 aromatic rings. The number of aromatic amines is 2. The van der Waals surface area contributed by atoms with Gasteiger partial charge >= 0.3 is 0 Å². The van der Waals surface area contributed by atoms with Crippen LogP contribution >= 0.6 is 12.2 Å². The van der Waals surface area contributed by atoms with E-state index in [0.29, 0.717) is 15.9 Å². The van der Waals surface area contributed by atoms with Crippen molar-refractivity contribution in [3.8, 4) is 0 Å². The fourth-order valence-corrected chi connectivity index (χ4v) is 1.91. The summed E-state index contributed by atoms with van der Waals surface area (Å²) in [5.74, 6) is 0.0934. The Kier molecular flexibility index (Phi) is 2.11. The zero-order chi connectivity index (χ0) is 11.2. The van der Waals surface area contributed by atoms with Gasteiger partial charge in [-0.15, -0.1) is 0 Å². The lowest BCUT2D eigenvalue weighted by Crippen LogP contribution is -2.12. The van der Waals surface area contributed by atoms with Gasteiger partial charge in [0.15, 0.2) is 15.9 Å². The maximum absolute atomic E-state index is 11.5. The minimum absolute atomic E-state index is 0.0934. The van der Waals surface area contributed by atoms with E-state index in [1.54, 1.807) is 4.57 Å². The Bertz CT molecular complexity index is 620. The summed E-state index contributed by atoms with van der Waals surface area (Å²) in [6.07, 6.45) is 0. The molecule has 15 heavy (non-hydrogen) atoms. The van der Waals surface area contributed by atoms with Crippen molar-refractivity contribution in [3.05, 3.63) is 15.1 Å². The highest BCUT2D eigenvalue weighted by atomic mass is 32.1. The predicted molar refractivity (Wildman–Crippen MR) is 60.3 cm³/mol. The number of H-pyrrole nitrogens is 2. The van der Waals surface area contributed by atoms with Crippen LogP contribution in [0.15, 0.2) is 4.79 Å². The SMILES string of the molecule is CC(C)n1c(=S)[nH]c2c(=O)[nH]c(N)nc21. The van der Waals surface area contributed by atoms with Crippen LogP contribution in [0.1, 0.15) is 19.9 Å². The summed E-state index contributed by atoms with van der Waals surface area (Å²) < 4.78 is 2.24. The van der Waals surface area contributed by atoms with Gasteiger partial charge in [0.2, 0.25) is 5.95 Å². The van der Waals surface area contributed by atoms with E-state index in [0.717, 1.165) is 0 Å². The average molecular weight is 225 g/mol. The molecule has 0 atom stereocenters. The number of aromatic nitrogens is 4. The van der Waals surface area contributed by atoms with Crippen LogP contribution in [0.4, 0.5) is 5.95 Å². The molecule has 0 radical (unpaired) electrons. The molecule has 2 heterocycles. The Morgan fingerprint density at radius 2 is 2.13 bits per heavy atom. The van der Waals surface area contributed by atoms with Gasteiger partial charge < -0.3 is 10.7 Å². The molecule has 0 amide bonds. The molecule has 0 saturated heterocycles.